The molecule has 0 aliphatic heterocycles. The minimum Gasteiger partial charge on any atom is -0.497 e. The molecular formula is C18H19N3O4S. The molecule has 136 valence electrons. The van der Waals surface area contributed by atoms with Gasteiger partial charge < -0.3 is 10.1 Å². The van der Waals surface area contributed by atoms with Gasteiger partial charge in [-0.05, 0) is 36.4 Å². The van der Waals surface area contributed by atoms with Crippen molar-refractivity contribution >= 4 is 21.6 Å². The summed E-state index contributed by atoms with van der Waals surface area (Å²) in [5, 5.41) is 11.9. The second-order valence-corrected chi connectivity index (χ2v) is 7.36. The highest BCUT2D eigenvalue weighted by Gasteiger charge is 2.20. The Kier molecular flexibility index (Phi) is 6.20. The molecular weight excluding hydrogens is 354 g/mol. The smallest absolute Gasteiger partial charge is 0.251 e. The zero-order chi connectivity index (χ0) is 19.2. The normalized spacial score (nSPS) is 10.7. The third-order valence-electron chi connectivity index (χ3n) is 3.65. The summed E-state index contributed by atoms with van der Waals surface area (Å²) in [6.45, 7) is 0.108. The Balaban J connectivity index is 2.08. The first-order chi connectivity index (χ1) is 12.4. The number of carbonyl (C=O) groups excluding carboxylic acids is 1. The van der Waals surface area contributed by atoms with Crippen LogP contribution in [0.2, 0.25) is 0 Å². The van der Waals surface area contributed by atoms with Gasteiger partial charge in [-0.25, -0.2) is 8.42 Å². The molecule has 7 nitrogen and oxygen atoms in total. The Hall–Kier alpha value is -3.05. The molecule has 0 radical (unpaired) electrons. The molecule has 0 aliphatic rings. The van der Waals surface area contributed by atoms with E-state index in [4.69, 9.17) is 4.74 Å². The van der Waals surface area contributed by atoms with Gasteiger partial charge in [0.2, 0.25) is 10.0 Å². The third kappa shape index (κ3) is 4.74. The van der Waals surface area contributed by atoms with Crippen molar-refractivity contribution in [1.29, 1.82) is 5.26 Å². The predicted octanol–water partition coefficient (Wildman–Crippen LogP) is 1.76. The van der Waals surface area contributed by atoms with E-state index in [-0.39, 0.29) is 30.2 Å². The van der Waals surface area contributed by atoms with Crippen molar-refractivity contribution in [1.82, 2.24) is 5.32 Å². The number of amides is 1. The molecule has 1 N–H and O–H groups in total. The lowest BCUT2D eigenvalue weighted by Crippen LogP contribution is -2.38. The average molecular weight is 373 g/mol. The molecule has 0 saturated heterocycles. The van der Waals surface area contributed by atoms with Crippen molar-refractivity contribution in [2.75, 3.05) is 30.8 Å². The van der Waals surface area contributed by atoms with Crippen LogP contribution in [0.4, 0.5) is 5.69 Å². The lowest BCUT2D eigenvalue weighted by Gasteiger charge is -2.23. The second kappa shape index (κ2) is 8.36. The number of rotatable bonds is 7. The summed E-state index contributed by atoms with van der Waals surface area (Å²) >= 11 is 0. The summed E-state index contributed by atoms with van der Waals surface area (Å²) in [6, 6.07) is 15.0. The van der Waals surface area contributed by atoms with E-state index < -0.39 is 10.0 Å². The van der Waals surface area contributed by atoms with E-state index in [1.807, 2.05) is 6.07 Å². The number of methoxy groups -OCH3 is 1. The van der Waals surface area contributed by atoms with Gasteiger partial charge in [-0.2, -0.15) is 5.26 Å². The van der Waals surface area contributed by atoms with Crippen molar-refractivity contribution in [2.24, 2.45) is 0 Å². The Morgan fingerprint density at radius 1 is 1.19 bits per heavy atom. The maximum atomic E-state index is 12.2. The topological polar surface area (TPSA) is 99.5 Å². The number of hydrogen-bond acceptors (Lipinski definition) is 5. The first-order valence-corrected chi connectivity index (χ1v) is 9.60. The Bertz CT molecular complexity index is 918. The highest BCUT2D eigenvalue weighted by molar-refractivity contribution is 7.92. The molecule has 0 unspecified atom stereocenters. The predicted molar refractivity (Wildman–Crippen MR) is 98.7 cm³/mol. The van der Waals surface area contributed by atoms with Gasteiger partial charge in [0.25, 0.3) is 5.91 Å². The average Bonchev–Trinajstić information content (AvgIpc) is 2.64. The number of hydrogen-bond donors (Lipinski definition) is 1. The first kappa shape index (κ1) is 19.3. The third-order valence-corrected chi connectivity index (χ3v) is 4.83. The lowest BCUT2D eigenvalue weighted by molar-refractivity contribution is 0.0955. The van der Waals surface area contributed by atoms with E-state index >= 15 is 0 Å². The molecule has 8 heteroatoms. The largest absolute Gasteiger partial charge is 0.497 e. The highest BCUT2D eigenvalue weighted by Crippen LogP contribution is 2.21. The molecule has 0 atom stereocenters. The molecule has 0 bridgehead atoms. The van der Waals surface area contributed by atoms with Crippen LogP contribution >= 0.6 is 0 Å². The van der Waals surface area contributed by atoms with Gasteiger partial charge in [-0.3, -0.25) is 9.10 Å². The Labute approximate surface area is 152 Å². The van der Waals surface area contributed by atoms with Gasteiger partial charge >= 0.3 is 0 Å². The number of sulfonamides is 1. The molecule has 2 rings (SSSR count). The Morgan fingerprint density at radius 3 is 2.42 bits per heavy atom. The van der Waals surface area contributed by atoms with E-state index in [0.29, 0.717) is 11.3 Å². The van der Waals surface area contributed by atoms with Crippen LogP contribution in [0, 0.1) is 11.3 Å². The number of nitrogens with one attached hydrogen (secondary N) is 1. The summed E-state index contributed by atoms with van der Waals surface area (Å²) in [5.41, 5.74) is 0.977. The molecule has 26 heavy (non-hydrogen) atoms. The van der Waals surface area contributed by atoms with Gasteiger partial charge in [0.15, 0.2) is 0 Å². The minimum absolute atomic E-state index is 0.0133. The van der Waals surface area contributed by atoms with Crippen LogP contribution < -0.4 is 14.4 Å². The number of ether oxygens (including phenoxy) is 1. The number of para-hydroxylation sites is 1. The second-order valence-electron chi connectivity index (χ2n) is 5.45. The van der Waals surface area contributed by atoms with Crippen molar-refractivity contribution < 1.29 is 17.9 Å². The molecule has 2 aromatic carbocycles. The SMILES string of the molecule is COc1ccc(C(=O)NCCN(c2ccccc2C#N)S(C)(=O)=O)cc1. The molecule has 0 fully saturated rings. The number of anilines is 1. The molecule has 0 heterocycles. The van der Waals surface area contributed by atoms with Gasteiger partial charge in [-0.1, -0.05) is 12.1 Å². The van der Waals surface area contributed by atoms with E-state index in [1.54, 1.807) is 48.5 Å². The zero-order valence-electron chi connectivity index (χ0n) is 14.5. The molecule has 0 aromatic heterocycles. The molecule has 0 saturated carbocycles. The van der Waals surface area contributed by atoms with Crippen molar-refractivity contribution in [2.45, 2.75) is 0 Å². The molecule has 0 aliphatic carbocycles. The number of nitriles is 1. The van der Waals surface area contributed by atoms with Crippen LogP contribution in [0.5, 0.6) is 5.75 Å². The number of carbonyl (C=O) groups is 1. The van der Waals surface area contributed by atoms with E-state index in [9.17, 15) is 18.5 Å². The maximum absolute atomic E-state index is 12.2. The zero-order valence-corrected chi connectivity index (χ0v) is 15.3. The summed E-state index contributed by atoms with van der Waals surface area (Å²) in [4.78, 5) is 12.2. The summed E-state index contributed by atoms with van der Waals surface area (Å²) in [6.07, 6.45) is 1.06. The lowest BCUT2D eigenvalue weighted by atomic mass is 10.2. The fourth-order valence-corrected chi connectivity index (χ4v) is 3.31. The summed E-state index contributed by atoms with van der Waals surface area (Å²) in [7, 11) is -2.07. The molecule has 1 amide bonds. The van der Waals surface area contributed by atoms with Crippen LogP contribution in [0.1, 0.15) is 15.9 Å². The molecule has 0 spiro atoms. The van der Waals surface area contributed by atoms with Crippen molar-refractivity contribution in [3.05, 3.63) is 59.7 Å². The minimum atomic E-state index is -3.61. The first-order valence-electron chi connectivity index (χ1n) is 7.76. The summed E-state index contributed by atoms with van der Waals surface area (Å²) < 4.78 is 30.4. The van der Waals surface area contributed by atoms with Crippen LogP contribution in [0.3, 0.4) is 0 Å². The van der Waals surface area contributed by atoms with Crippen LogP contribution in [0.25, 0.3) is 0 Å². The summed E-state index contributed by atoms with van der Waals surface area (Å²) in [5.74, 6) is 0.313. The number of nitrogens with zero attached hydrogens (tertiary/aromatic N) is 2. The standard InChI is InChI=1S/C18H19N3O4S/c1-25-16-9-7-14(8-10-16)18(22)20-11-12-21(26(2,23)24)17-6-4-3-5-15(17)13-19/h3-10H,11-12H2,1-2H3,(H,20,22). The van der Waals surface area contributed by atoms with Crippen LogP contribution in [-0.4, -0.2) is 40.8 Å². The van der Waals surface area contributed by atoms with Gasteiger partial charge in [0.1, 0.15) is 11.8 Å². The fourth-order valence-electron chi connectivity index (χ4n) is 2.37. The molecule has 2 aromatic rings. The van der Waals surface area contributed by atoms with E-state index in [2.05, 4.69) is 5.32 Å². The van der Waals surface area contributed by atoms with E-state index in [0.717, 1.165) is 10.6 Å². The van der Waals surface area contributed by atoms with Crippen molar-refractivity contribution in [3.8, 4) is 11.8 Å². The highest BCUT2D eigenvalue weighted by atomic mass is 32.2. The quantitative estimate of drug-likeness (QED) is 0.797. The number of benzene rings is 2. The van der Waals surface area contributed by atoms with Gasteiger partial charge in [0.05, 0.1) is 31.2 Å². The van der Waals surface area contributed by atoms with Crippen molar-refractivity contribution in [3.63, 3.8) is 0 Å². The van der Waals surface area contributed by atoms with Gasteiger partial charge in [0, 0.05) is 12.1 Å². The monoisotopic (exact) mass is 373 g/mol. The van der Waals surface area contributed by atoms with Gasteiger partial charge in [-0.15, -0.1) is 0 Å². The maximum Gasteiger partial charge on any atom is 0.251 e. The van der Waals surface area contributed by atoms with E-state index in [1.165, 1.54) is 7.11 Å². The van der Waals surface area contributed by atoms with Crippen LogP contribution in [-0.2, 0) is 10.0 Å². The van der Waals surface area contributed by atoms with Crippen LogP contribution in [0.15, 0.2) is 48.5 Å². The Morgan fingerprint density at radius 2 is 1.85 bits per heavy atom. The fraction of sp³-hybridized carbons (Fsp3) is 0.222.